The van der Waals surface area contributed by atoms with E-state index < -0.39 is 6.10 Å². The Balaban J connectivity index is 0.00000300. The summed E-state index contributed by atoms with van der Waals surface area (Å²) in [6.07, 6.45) is 0.821. The van der Waals surface area contributed by atoms with Gasteiger partial charge in [-0.3, -0.25) is 19.5 Å². The van der Waals surface area contributed by atoms with E-state index >= 15 is 0 Å². The Morgan fingerprint density at radius 3 is 2.66 bits per heavy atom. The zero-order valence-electron chi connectivity index (χ0n) is 16.4. The van der Waals surface area contributed by atoms with E-state index in [2.05, 4.69) is 15.6 Å². The topological polar surface area (TPSA) is 94.0 Å². The Labute approximate surface area is 191 Å². The first kappa shape index (κ1) is 23.6. The van der Waals surface area contributed by atoms with Crippen LogP contribution >= 0.6 is 35.3 Å². The molecular weight excluding hydrogens is 503 g/mol. The number of benzene rings is 1. The second kappa shape index (κ2) is 11.5. The third kappa shape index (κ3) is 6.38. The van der Waals surface area contributed by atoms with Crippen molar-refractivity contribution in [2.45, 2.75) is 32.3 Å². The van der Waals surface area contributed by atoms with E-state index in [0.29, 0.717) is 44.9 Å². The number of carbonyl (C=O) groups excluding carboxylic acids is 2. The first-order valence-electron chi connectivity index (χ1n) is 9.60. The predicted molar refractivity (Wildman–Crippen MR) is 127 cm³/mol. The van der Waals surface area contributed by atoms with Crippen molar-refractivity contribution in [2.24, 2.45) is 4.99 Å². The van der Waals surface area contributed by atoms with Gasteiger partial charge in [0.2, 0.25) is 11.8 Å². The molecule has 1 aliphatic rings. The fourth-order valence-corrected chi connectivity index (χ4v) is 4.15. The number of hydrogen-bond acceptors (Lipinski definition) is 5. The van der Waals surface area contributed by atoms with Gasteiger partial charge in [0.25, 0.3) is 0 Å². The Morgan fingerprint density at radius 2 is 1.97 bits per heavy atom. The number of nitrogens with zero attached hydrogens (tertiary/aromatic N) is 2. The van der Waals surface area contributed by atoms with Gasteiger partial charge >= 0.3 is 0 Å². The summed E-state index contributed by atoms with van der Waals surface area (Å²) in [5.74, 6) is 0.333. The van der Waals surface area contributed by atoms with Crippen molar-refractivity contribution in [1.29, 1.82) is 0 Å². The summed E-state index contributed by atoms with van der Waals surface area (Å²) < 4.78 is 1.14. The second-order valence-electron chi connectivity index (χ2n) is 6.64. The van der Waals surface area contributed by atoms with Gasteiger partial charge in [0.1, 0.15) is 6.10 Å². The van der Waals surface area contributed by atoms with Gasteiger partial charge in [-0.25, -0.2) is 0 Å². The Bertz CT molecular complexity index is 821. The molecule has 1 unspecified atom stereocenters. The number of rotatable bonds is 7. The quantitative estimate of drug-likeness (QED) is 0.222. The molecule has 2 heterocycles. The summed E-state index contributed by atoms with van der Waals surface area (Å²) >= 11 is 1.57. The highest BCUT2D eigenvalue weighted by molar-refractivity contribution is 14.0. The molecule has 9 heteroatoms. The highest BCUT2D eigenvalue weighted by Crippen LogP contribution is 2.29. The number of piperidine rings is 1. The van der Waals surface area contributed by atoms with Crippen LogP contribution in [0.15, 0.2) is 35.3 Å². The number of aliphatic hydroxyl groups excluding tert-OH is 1. The number of imide groups is 1. The molecule has 7 nitrogen and oxygen atoms in total. The summed E-state index contributed by atoms with van der Waals surface area (Å²) in [5.41, 5.74) is 0. The Kier molecular flexibility index (Phi) is 9.31. The molecule has 29 heavy (non-hydrogen) atoms. The number of amides is 2. The van der Waals surface area contributed by atoms with Crippen LogP contribution in [0.25, 0.3) is 10.1 Å². The van der Waals surface area contributed by atoms with Gasteiger partial charge in [-0.15, -0.1) is 35.3 Å². The van der Waals surface area contributed by atoms with Crippen molar-refractivity contribution in [3.8, 4) is 0 Å². The van der Waals surface area contributed by atoms with Crippen LogP contribution in [0.5, 0.6) is 0 Å². The maximum Gasteiger partial charge on any atom is 0.229 e. The van der Waals surface area contributed by atoms with E-state index in [1.54, 1.807) is 11.3 Å². The first-order chi connectivity index (χ1) is 13.6. The number of carbonyl (C=O) groups is 2. The zero-order valence-corrected chi connectivity index (χ0v) is 19.5. The molecule has 1 atom stereocenters. The monoisotopic (exact) mass is 530 g/mol. The molecule has 1 aromatic heterocycles. The molecule has 158 valence electrons. The van der Waals surface area contributed by atoms with Gasteiger partial charge in [0, 0.05) is 42.1 Å². The number of thiophene rings is 1. The third-order valence-electron chi connectivity index (χ3n) is 4.55. The van der Waals surface area contributed by atoms with E-state index in [0.717, 1.165) is 15.0 Å². The first-order valence-corrected chi connectivity index (χ1v) is 10.4. The highest BCUT2D eigenvalue weighted by atomic mass is 127. The smallest absolute Gasteiger partial charge is 0.229 e. The molecular formula is C20H27IN4O3S. The Morgan fingerprint density at radius 1 is 1.24 bits per heavy atom. The number of aliphatic imine (C=N–C) groups is 1. The molecule has 2 aromatic rings. The Hall–Kier alpha value is -1.72. The van der Waals surface area contributed by atoms with Crippen LogP contribution < -0.4 is 10.6 Å². The standard InChI is InChI=1S/C20H26N4O3S.HI/c1-2-21-20(22-10-11-24-18(26)8-5-9-19(24)27)23-13-15(25)17-12-14-6-3-4-7-16(14)28-17;/h3-4,6-7,12,15,25H,2,5,8-11,13H2,1H3,(H2,21,22,23);1H. The van der Waals surface area contributed by atoms with Crippen molar-refractivity contribution >= 4 is 63.2 Å². The molecule has 1 fully saturated rings. The molecule has 2 amide bonds. The molecule has 3 N–H and O–H groups in total. The van der Waals surface area contributed by atoms with Crippen molar-refractivity contribution in [2.75, 3.05) is 26.2 Å². The zero-order chi connectivity index (χ0) is 19.9. The summed E-state index contributed by atoms with van der Waals surface area (Å²) in [4.78, 5) is 30.3. The molecule has 1 aromatic carbocycles. The molecule has 0 bridgehead atoms. The molecule has 0 saturated carbocycles. The number of halogens is 1. The minimum atomic E-state index is -0.682. The van der Waals surface area contributed by atoms with Gasteiger partial charge in [0.05, 0.1) is 6.54 Å². The molecule has 0 spiro atoms. The van der Waals surface area contributed by atoms with Crippen LogP contribution in [0.4, 0.5) is 0 Å². The number of likely N-dealkylation sites (tertiary alicyclic amines) is 1. The van der Waals surface area contributed by atoms with Crippen LogP contribution in [0.3, 0.4) is 0 Å². The fourth-order valence-electron chi connectivity index (χ4n) is 3.11. The summed E-state index contributed by atoms with van der Waals surface area (Å²) in [6, 6.07) is 10.0. The number of hydrogen-bond donors (Lipinski definition) is 3. The van der Waals surface area contributed by atoms with Crippen LogP contribution in [0, 0.1) is 0 Å². The number of fused-ring (bicyclic) bond motifs is 1. The van der Waals surface area contributed by atoms with Crippen LogP contribution in [-0.2, 0) is 9.59 Å². The van der Waals surface area contributed by atoms with E-state index in [1.165, 1.54) is 4.90 Å². The normalized spacial score (nSPS) is 15.9. The average molecular weight is 530 g/mol. The van der Waals surface area contributed by atoms with Crippen LogP contribution in [-0.4, -0.2) is 54.0 Å². The summed E-state index contributed by atoms with van der Waals surface area (Å²) in [7, 11) is 0. The van der Waals surface area contributed by atoms with Gasteiger partial charge in [0.15, 0.2) is 5.96 Å². The lowest BCUT2D eigenvalue weighted by Crippen LogP contribution is -2.46. The lowest BCUT2D eigenvalue weighted by Gasteiger charge is -2.25. The molecule has 1 saturated heterocycles. The van der Waals surface area contributed by atoms with Crippen LogP contribution in [0.1, 0.15) is 37.2 Å². The third-order valence-corrected chi connectivity index (χ3v) is 5.77. The minimum Gasteiger partial charge on any atom is -0.386 e. The average Bonchev–Trinajstić information content (AvgIpc) is 3.12. The van der Waals surface area contributed by atoms with Gasteiger partial charge in [-0.2, -0.15) is 0 Å². The van der Waals surface area contributed by atoms with Crippen molar-refractivity contribution in [1.82, 2.24) is 15.5 Å². The predicted octanol–water partition coefficient (Wildman–Crippen LogP) is 2.65. The molecule has 1 aliphatic heterocycles. The number of nitrogens with one attached hydrogen (secondary N) is 2. The van der Waals surface area contributed by atoms with Gasteiger partial charge in [-0.05, 0) is 30.9 Å². The van der Waals surface area contributed by atoms with Gasteiger partial charge in [-0.1, -0.05) is 18.2 Å². The fraction of sp³-hybridized carbons (Fsp3) is 0.450. The van der Waals surface area contributed by atoms with Crippen molar-refractivity contribution in [3.05, 3.63) is 35.2 Å². The summed E-state index contributed by atoms with van der Waals surface area (Å²) in [5, 5.41) is 17.9. The maximum absolute atomic E-state index is 11.9. The maximum atomic E-state index is 11.9. The molecule has 0 radical (unpaired) electrons. The van der Waals surface area contributed by atoms with Crippen molar-refractivity contribution < 1.29 is 14.7 Å². The lowest BCUT2D eigenvalue weighted by molar-refractivity contribution is -0.147. The van der Waals surface area contributed by atoms with E-state index in [9.17, 15) is 14.7 Å². The second-order valence-corrected chi connectivity index (χ2v) is 7.76. The van der Waals surface area contributed by atoms with E-state index in [4.69, 9.17) is 0 Å². The van der Waals surface area contributed by atoms with Gasteiger partial charge < -0.3 is 15.7 Å². The highest BCUT2D eigenvalue weighted by Gasteiger charge is 2.25. The SMILES string of the molecule is CCNC(=NCC(O)c1cc2ccccc2s1)NCCN1C(=O)CCCC1=O.I. The molecule has 3 rings (SSSR count). The summed E-state index contributed by atoms with van der Waals surface area (Å²) in [6.45, 7) is 3.59. The van der Waals surface area contributed by atoms with E-state index in [1.807, 2.05) is 37.3 Å². The van der Waals surface area contributed by atoms with Crippen LogP contribution in [0.2, 0.25) is 0 Å². The number of guanidine groups is 1. The lowest BCUT2D eigenvalue weighted by atomic mass is 10.1. The van der Waals surface area contributed by atoms with E-state index in [-0.39, 0.29) is 42.3 Å². The number of aliphatic hydroxyl groups is 1. The molecule has 0 aliphatic carbocycles. The minimum absolute atomic E-state index is 0. The largest absolute Gasteiger partial charge is 0.386 e. The van der Waals surface area contributed by atoms with Crippen molar-refractivity contribution in [3.63, 3.8) is 0 Å².